The number of hydrogen-bond donors (Lipinski definition) is 7. The van der Waals surface area contributed by atoms with Gasteiger partial charge in [-0.1, -0.05) is 37.3 Å². The maximum Gasteiger partial charge on any atom is 0.407 e. The molecule has 360 valence electrons. The molecule has 68 heavy (non-hydrogen) atoms. The molecule has 0 saturated heterocycles. The lowest BCUT2D eigenvalue weighted by Gasteiger charge is -2.32. The van der Waals surface area contributed by atoms with Crippen LogP contribution >= 0.6 is 0 Å². The summed E-state index contributed by atoms with van der Waals surface area (Å²) in [5, 5.41) is 27.3. The Hall–Kier alpha value is -7.26. The molecule has 0 radical (unpaired) electrons. The van der Waals surface area contributed by atoms with Crippen molar-refractivity contribution < 1.29 is 57.3 Å². The molecule has 3 aliphatic rings. The smallest absolute Gasteiger partial charge is 0.407 e. The minimum Gasteiger partial charge on any atom is -0.458 e. The number of pyridine rings is 2. The number of rotatable bonds is 17. The van der Waals surface area contributed by atoms with Gasteiger partial charge in [0.2, 0.25) is 29.5 Å². The van der Waals surface area contributed by atoms with Gasteiger partial charge in [0.1, 0.15) is 31.7 Å². The van der Waals surface area contributed by atoms with Crippen molar-refractivity contribution >= 4 is 52.5 Å². The largest absolute Gasteiger partial charge is 0.458 e. The van der Waals surface area contributed by atoms with Crippen LogP contribution in [0.3, 0.4) is 0 Å². The highest BCUT2D eigenvalue weighted by Gasteiger charge is 2.46. The first-order chi connectivity index (χ1) is 32.4. The maximum absolute atomic E-state index is 15.4. The molecule has 2 aliphatic heterocycles. The van der Waals surface area contributed by atoms with E-state index < -0.39 is 95.7 Å². The van der Waals surface area contributed by atoms with Crippen LogP contribution in [-0.2, 0) is 74.6 Å². The van der Waals surface area contributed by atoms with Gasteiger partial charge in [-0.15, -0.1) is 0 Å². The third-order valence-corrected chi connectivity index (χ3v) is 12.5. The zero-order valence-corrected chi connectivity index (χ0v) is 38.2. The lowest BCUT2D eigenvalue weighted by molar-refractivity contribution is -0.172. The van der Waals surface area contributed by atoms with Crippen molar-refractivity contribution in [1.29, 1.82) is 0 Å². The average Bonchev–Trinajstić information content (AvgIpc) is 3.70. The molecular formula is C47H53FN8O12. The summed E-state index contributed by atoms with van der Waals surface area (Å²) in [6.07, 6.45) is 0.0251. The Morgan fingerprint density at radius 3 is 2.40 bits per heavy atom. The number of methoxy groups -OCH3 is 1. The van der Waals surface area contributed by atoms with Gasteiger partial charge >= 0.3 is 12.1 Å². The Kier molecular flexibility index (Phi) is 14.3. The summed E-state index contributed by atoms with van der Waals surface area (Å²) in [4.78, 5) is 108. The molecule has 3 atom stereocenters. The van der Waals surface area contributed by atoms with E-state index in [0.717, 1.165) is 12.7 Å². The van der Waals surface area contributed by atoms with Gasteiger partial charge in [-0.05, 0) is 68.4 Å². The fourth-order valence-corrected chi connectivity index (χ4v) is 8.68. The van der Waals surface area contributed by atoms with Gasteiger partial charge in [-0.2, -0.15) is 0 Å². The van der Waals surface area contributed by atoms with Crippen LogP contribution in [0.25, 0.3) is 22.3 Å². The number of halogens is 1. The number of esters is 1. The lowest BCUT2D eigenvalue weighted by Crippen LogP contribution is -2.52. The molecule has 2 aromatic carbocycles. The van der Waals surface area contributed by atoms with Crippen LogP contribution in [0.4, 0.5) is 9.18 Å². The molecule has 4 aromatic rings. The number of aromatic nitrogens is 2. The highest BCUT2D eigenvalue weighted by atomic mass is 19.1. The van der Waals surface area contributed by atoms with Crippen molar-refractivity contribution in [3.05, 3.63) is 97.6 Å². The number of nitrogens with one attached hydrogen (secondary N) is 6. The van der Waals surface area contributed by atoms with E-state index in [2.05, 4.69) is 36.6 Å². The molecule has 0 unspecified atom stereocenters. The van der Waals surface area contributed by atoms with Crippen LogP contribution in [0.5, 0.6) is 0 Å². The average molecular weight is 941 g/mol. The van der Waals surface area contributed by atoms with E-state index in [-0.39, 0.29) is 50.5 Å². The number of hydrogen-bond acceptors (Lipinski definition) is 13. The topological polar surface area (TPSA) is 274 Å². The third-order valence-electron chi connectivity index (χ3n) is 12.5. The van der Waals surface area contributed by atoms with Crippen LogP contribution in [0.2, 0.25) is 0 Å². The van der Waals surface area contributed by atoms with Gasteiger partial charge in [0.15, 0.2) is 5.60 Å². The summed E-state index contributed by atoms with van der Waals surface area (Å²) in [5.74, 6) is -4.37. The minimum absolute atomic E-state index is 0.0386. The number of aryl methyl sites for hydroxylation is 1. The van der Waals surface area contributed by atoms with Crippen molar-refractivity contribution in [2.45, 2.75) is 84.2 Å². The molecule has 2 aromatic heterocycles. The fourth-order valence-electron chi connectivity index (χ4n) is 8.68. The van der Waals surface area contributed by atoms with Gasteiger partial charge in [-0.3, -0.25) is 28.8 Å². The summed E-state index contributed by atoms with van der Waals surface area (Å²) >= 11 is 0. The highest BCUT2D eigenvalue weighted by Crippen LogP contribution is 2.46. The van der Waals surface area contributed by atoms with E-state index in [1.807, 2.05) is 0 Å². The van der Waals surface area contributed by atoms with Gasteiger partial charge in [0, 0.05) is 29.0 Å². The van der Waals surface area contributed by atoms with Crippen LogP contribution in [-0.4, -0.2) is 102 Å². The van der Waals surface area contributed by atoms with E-state index in [1.54, 1.807) is 64.1 Å². The van der Waals surface area contributed by atoms with Gasteiger partial charge in [-0.25, -0.2) is 19.0 Å². The fraction of sp³-hybridized carbons (Fsp3) is 0.426. The summed E-state index contributed by atoms with van der Waals surface area (Å²) in [6.45, 7) is 4.52. The SMILES string of the molecule is CC[C@@]1(O)C(=O)OCc2c1cc1n(c2=O)Cc2c-1nc1cc(F)c(C)c3c1c2[C@@H](NC(=O)C(C)(C)COCNC(=O)CNC(=O)[C@H](Cc1ccccc1)NC(=O)CNC(=O)CNC(=O)OC)CC3. The highest BCUT2D eigenvalue weighted by molar-refractivity contribution is 5.95. The van der Waals surface area contributed by atoms with E-state index in [9.17, 15) is 43.5 Å². The third kappa shape index (κ3) is 9.89. The second-order valence-electron chi connectivity index (χ2n) is 17.5. The number of carbonyl (C=O) groups excluding carboxylic acids is 7. The van der Waals surface area contributed by atoms with Crippen molar-refractivity contribution in [2.75, 3.05) is 40.1 Å². The Morgan fingerprint density at radius 2 is 1.68 bits per heavy atom. The summed E-state index contributed by atoms with van der Waals surface area (Å²) in [6, 6.07) is 10.0. The summed E-state index contributed by atoms with van der Waals surface area (Å²) < 4.78 is 32.3. The van der Waals surface area contributed by atoms with Gasteiger partial charge in [0.25, 0.3) is 5.56 Å². The molecule has 0 bridgehead atoms. The Balaban J connectivity index is 0.977. The predicted octanol–water partition coefficient (Wildman–Crippen LogP) is 1.06. The molecule has 0 fully saturated rings. The second kappa shape index (κ2) is 19.9. The van der Waals surface area contributed by atoms with Crippen LogP contribution in [0.15, 0.2) is 47.3 Å². The van der Waals surface area contributed by atoms with Crippen LogP contribution in [0.1, 0.15) is 78.6 Å². The molecule has 21 heteroatoms. The summed E-state index contributed by atoms with van der Waals surface area (Å²) in [7, 11) is 1.13. The molecular weight excluding hydrogens is 888 g/mol. The lowest BCUT2D eigenvalue weighted by atomic mass is 9.81. The van der Waals surface area contributed by atoms with Crippen molar-refractivity contribution in [3.8, 4) is 11.4 Å². The Bertz CT molecular complexity index is 2780. The number of nitrogens with zero attached hydrogens (tertiary/aromatic N) is 2. The van der Waals surface area contributed by atoms with Crippen molar-refractivity contribution in [3.63, 3.8) is 0 Å². The Labute approximate surface area is 389 Å². The maximum atomic E-state index is 15.4. The standard InChI is InChI=1S/C47H53FN8O12/c1-6-47(65)29-15-34-40-27(20-56(34)42(61)28(29)21-68-44(47)63)39-31(13-12-26-24(2)30(48)16-32(54-40)38(26)39)55-43(62)46(3,4)22-67-23-52-36(58)17-50-41(60)33(14-25-10-8-7-9-11-25)53-37(59)19-49-35(57)18-51-45(64)66-5/h7-11,15-16,31,33,65H,6,12-14,17-23H2,1-5H3,(H,49,57)(H,50,60)(H,51,64)(H,52,58)(H,53,59)(H,55,62)/t31-,33-,47-/m0/s1. The van der Waals surface area contributed by atoms with Crippen molar-refractivity contribution in [2.24, 2.45) is 5.41 Å². The van der Waals surface area contributed by atoms with E-state index in [1.165, 1.54) is 10.6 Å². The molecule has 0 saturated carbocycles. The first-order valence-corrected chi connectivity index (χ1v) is 22.0. The van der Waals surface area contributed by atoms with Gasteiger partial charge < -0.3 is 55.8 Å². The number of cyclic esters (lactones) is 1. The zero-order valence-electron chi connectivity index (χ0n) is 38.2. The van der Waals surface area contributed by atoms with Crippen LogP contribution in [0, 0.1) is 18.2 Å². The molecule has 7 rings (SSSR count). The quantitative estimate of drug-likeness (QED) is 0.0391. The van der Waals surface area contributed by atoms with Crippen molar-refractivity contribution in [1.82, 2.24) is 41.5 Å². The van der Waals surface area contributed by atoms with E-state index >= 15 is 4.39 Å². The molecule has 4 heterocycles. The molecule has 20 nitrogen and oxygen atoms in total. The normalized spacial score (nSPS) is 17.1. The summed E-state index contributed by atoms with van der Waals surface area (Å²) in [5.41, 5.74) is 0.958. The number of amides is 6. The number of carbonyl (C=O) groups is 7. The number of benzene rings is 2. The van der Waals surface area contributed by atoms with E-state index in [4.69, 9.17) is 14.5 Å². The minimum atomic E-state index is -2.04. The molecule has 6 amide bonds. The molecule has 7 N–H and O–H groups in total. The molecule has 0 spiro atoms. The van der Waals surface area contributed by atoms with Crippen LogP contribution < -0.4 is 37.5 Å². The second-order valence-corrected chi connectivity index (χ2v) is 17.5. The number of fused-ring (bicyclic) bond motifs is 5. The number of ether oxygens (including phenoxy) is 3. The molecule has 1 aliphatic carbocycles. The first-order valence-electron chi connectivity index (χ1n) is 22.0. The zero-order chi connectivity index (χ0) is 49.1. The number of aliphatic hydroxyl groups is 1. The Morgan fingerprint density at radius 1 is 0.971 bits per heavy atom. The number of alkyl carbamates (subject to hydrolysis) is 1. The predicted molar refractivity (Wildman–Crippen MR) is 240 cm³/mol. The monoisotopic (exact) mass is 940 g/mol. The van der Waals surface area contributed by atoms with E-state index in [0.29, 0.717) is 57.4 Å². The van der Waals surface area contributed by atoms with Gasteiger partial charge in [0.05, 0.1) is 67.3 Å². The first kappa shape index (κ1) is 48.7.